The maximum Gasteiger partial charge on any atom is 0.234 e. The van der Waals surface area contributed by atoms with Crippen molar-refractivity contribution in [2.75, 3.05) is 13.1 Å². The number of rotatable bonds is 5. The van der Waals surface area contributed by atoms with Crippen molar-refractivity contribution in [2.24, 2.45) is 7.05 Å². The lowest BCUT2D eigenvalue weighted by molar-refractivity contribution is -0.121. The Kier molecular flexibility index (Phi) is 4.15. The van der Waals surface area contributed by atoms with Crippen molar-refractivity contribution in [1.29, 1.82) is 0 Å². The summed E-state index contributed by atoms with van der Waals surface area (Å²) in [6.07, 6.45) is 6.75. The van der Waals surface area contributed by atoms with Gasteiger partial charge in [-0.15, -0.1) is 6.58 Å². The SMILES string of the molecule is C=CCNCC(=O)NC1CCCc2c1cnn2C. The summed E-state index contributed by atoms with van der Waals surface area (Å²) in [5.41, 5.74) is 2.41. The molecule has 5 nitrogen and oxygen atoms in total. The van der Waals surface area contributed by atoms with E-state index in [1.54, 1.807) is 6.08 Å². The summed E-state index contributed by atoms with van der Waals surface area (Å²) in [7, 11) is 1.95. The molecular weight excluding hydrogens is 228 g/mol. The molecular formula is C13H20N4O. The minimum Gasteiger partial charge on any atom is -0.348 e. The topological polar surface area (TPSA) is 59.0 Å². The molecule has 0 bridgehead atoms. The van der Waals surface area contributed by atoms with E-state index in [9.17, 15) is 4.79 Å². The fraction of sp³-hybridized carbons (Fsp3) is 0.538. The number of hydrogen-bond donors (Lipinski definition) is 2. The molecule has 1 aromatic heterocycles. The van der Waals surface area contributed by atoms with Crippen LogP contribution in [-0.4, -0.2) is 28.8 Å². The summed E-state index contributed by atoms with van der Waals surface area (Å²) in [4.78, 5) is 11.8. The summed E-state index contributed by atoms with van der Waals surface area (Å²) in [5.74, 6) is 0.0264. The number of carbonyl (C=O) groups excluding carboxylic acids is 1. The lowest BCUT2D eigenvalue weighted by Crippen LogP contribution is -2.37. The molecule has 0 aliphatic heterocycles. The van der Waals surface area contributed by atoms with Gasteiger partial charge in [0.2, 0.25) is 5.91 Å². The molecule has 0 saturated carbocycles. The second kappa shape index (κ2) is 5.82. The number of hydrogen-bond acceptors (Lipinski definition) is 3. The van der Waals surface area contributed by atoms with E-state index < -0.39 is 0 Å². The van der Waals surface area contributed by atoms with E-state index in [0.717, 1.165) is 19.3 Å². The van der Waals surface area contributed by atoms with Crippen LogP contribution in [-0.2, 0) is 18.3 Å². The highest BCUT2D eigenvalue weighted by Crippen LogP contribution is 2.28. The van der Waals surface area contributed by atoms with Crippen molar-refractivity contribution in [2.45, 2.75) is 25.3 Å². The summed E-state index contributed by atoms with van der Waals surface area (Å²) in [6, 6.07) is 0.112. The fourth-order valence-corrected chi connectivity index (χ4v) is 2.39. The maximum absolute atomic E-state index is 11.8. The van der Waals surface area contributed by atoms with E-state index in [2.05, 4.69) is 22.3 Å². The maximum atomic E-state index is 11.8. The Hall–Kier alpha value is -1.62. The Bertz CT molecular complexity index is 438. The zero-order valence-electron chi connectivity index (χ0n) is 10.8. The predicted octanol–water partition coefficient (Wildman–Crippen LogP) is 0.689. The molecule has 0 radical (unpaired) electrons. The van der Waals surface area contributed by atoms with Crippen LogP contribution in [0, 0.1) is 0 Å². The van der Waals surface area contributed by atoms with Gasteiger partial charge in [0, 0.05) is 24.8 Å². The Morgan fingerprint density at radius 2 is 2.56 bits per heavy atom. The Labute approximate surface area is 107 Å². The number of carbonyl (C=O) groups is 1. The van der Waals surface area contributed by atoms with Gasteiger partial charge in [0.25, 0.3) is 0 Å². The molecule has 2 N–H and O–H groups in total. The highest BCUT2D eigenvalue weighted by Gasteiger charge is 2.24. The lowest BCUT2D eigenvalue weighted by Gasteiger charge is -2.23. The predicted molar refractivity (Wildman–Crippen MR) is 70.1 cm³/mol. The summed E-state index contributed by atoms with van der Waals surface area (Å²) in [5, 5.41) is 10.3. The average molecular weight is 248 g/mol. The van der Waals surface area contributed by atoms with Gasteiger partial charge in [0.05, 0.1) is 18.8 Å². The third-order valence-electron chi connectivity index (χ3n) is 3.29. The summed E-state index contributed by atoms with van der Waals surface area (Å²) < 4.78 is 1.91. The number of nitrogens with one attached hydrogen (secondary N) is 2. The van der Waals surface area contributed by atoms with Gasteiger partial charge in [-0.1, -0.05) is 6.08 Å². The molecule has 5 heteroatoms. The van der Waals surface area contributed by atoms with Crippen molar-refractivity contribution >= 4 is 5.91 Å². The molecule has 1 atom stereocenters. The highest BCUT2D eigenvalue weighted by molar-refractivity contribution is 5.78. The molecule has 1 aromatic rings. The van der Waals surface area contributed by atoms with Gasteiger partial charge in [-0.25, -0.2) is 0 Å². The smallest absolute Gasteiger partial charge is 0.234 e. The standard InChI is InChI=1S/C13H20N4O/c1-3-7-14-9-13(18)16-11-5-4-6-12-10(11)8-15-17(12)2/h3,8,11,14H,1,4-7,9H2,2H3,(H,16,18). The van der Waals surface area contributed by atoms with Crippen molar-refractivity contribution in [1.82, 2.24) is 20.4 Å². The van der Waals surface area contributed by atoms with Crippen LogP contribution in [0.1, 0.15) is 30.1 Å². The molecule has 1 aliphatic rings. The van der Waals surface area contributed by atoms with Gasteiger partial charge in [-0.2, -0.15) is 5.10 Å². The molecule has 1 unspecified atom stereocenters. The van der Waals surface area contributed by atoms with Crippen LogP contribution in [0.2, 0.25) is 0 Å². The van der Waals surface area contributed by atoms with Crippen molar-refractivity contribution in [3.05, 3.63) is 30.1 Å². The van der Waals surface area contributed by atoms with Crippen LogP contribution in [0.3, 0.4) is 0 Å². The zero-order chi connectivity index (χ0) is 13.0. The monoisotopic (exact) mass is 248 g/mol. The zero-order valence-corrected chi connectivity index (χ0v) is 10.8. The Morgan fingerprint density at radius 3 is 3.33 bits per heavy atom. The molecule has 0 fully saturated rings. The molecule has 98 valence electrons. The van der Waals surface area contributed by atoms with Crippen LogP contribution < -0.4 is 10.6 Å². The summed E-state index contributed by atoms with van der Waals surface area (Å²) in [6.45, 7) is 4.58. The molecule has 18 heavy (non-hydrogen) atoms. The number of nitrogens with zero attached hydrogens (tertiary/aromatic N) is 2. The molecule has 1 amide bonds. The van der Waals surface area contributed by atoms with Crippen LogP contribution in [0.5, 0.6) is 0 Å². The normalized spacial score (nSPS) is 18.2. The Morgan fingerprint density at radius 1 is 1.72 bits per heavy atom. The average Bonchev–Trinajstić information content (AvgIpc) is 2.73. The van der Waals surface area contributed by atoms with Crippen molar-refractivity contribution < 1.29 is 4.79 Å². The van der Waals surface area contributed by atoms with E-state index in [1.165, 1.54) is 11.3 Å². The van der Waals surface area contributed by atoms with Crippen LogP contribution in [0.25, 0.3) is 0 Å². The molecule has 1 heterocycles. The van der Waals surface area contributed by atoms with Gasteiger partial charge < -0.3 is 10.6 Å². The van der Waals surface area contributed by atoms with Crippen molar-refractivity contribution in [3.63, 3.8) is 0 Å². The minimum absolute atomic E-state index is 0.0264. The fourth-order valence-electron chi connectivity index (χ4n) is 2.39. The molecule has 0 spiro atoms. The quantitative estimate of drug-likeness (QED) is 0.595. The first-order chi connectivity index (χ1) is 8.72. The number of aryl methyl sites for hydroxylation is 1. The number of amides is 1. The second-order valence-corrected chi connectivity index (χ2v) is 4.60. The van der Waals surface area contributed by atoms with Crippen molar-refractivity contribution in [3.8, 4) is 0 Å². The molecule has 0 saturated heterocycles. The van der Waals surface area contributed by atoms with Gasteiger partial charge in [0.1, 0.15) is 0 Å². The Balaban J connectivity index is 1.94. The number of fused-ring (bicyclic) bond motifs is 1. The first kappa shape index (κ1) is 12.8. The largest absolute Gasteiger partial charge is 0.348 e. The van der Waals surface area contributed by atoms with E-state index in [0.29, 0.717) is 13.1 Å². The molecule has 2 rings (SSSR count). The van der Waals surface area contributed by atoms with E-state index in [4.69, 9.17) is 0 Å². The van der Waals surface area contributed by atoms with Gasteiger partial charge in [-0.3, -0.25) is 9.48 Å². The molecule has 0 aromatic carbocycles. The number of aromatic nitrogens is 2. The summed E-state index contributed by atoms with van der Waals surface area (Å²) >= 11 is 0. The third kappa shape index (κ3) is 2.79. The van der Waals surface area contributed by atoms with Crippen LogP contribution in [0.15, 0.2) is 18.9 Å². The first-order valence-corrected chi connectivity index (χ1v) is 6.34. The van der Waals surface area contributed by atoms with E-state index in [1.807, 2.05) is 17.9 Å². The van der Waals surface area contributed by atoms with Crippen LogP contribution >= 0.6 is 0 Å². The molecule has 1 aliphatic carbocycles. The van der Waals surface area contributed by atoms with Gasteiger partial charge >= 0.3 is 0 Å². The van der Waals surface area contributed by atoms with E-state index >= 15 is 0 Å². The highest BCUT2D eigenvalue weighted by atomic mass is 16.1. The van der Waals surface area contributed by atoms with Crippen LogP contribution in [0.4, 0.5) is 0 Å². The van der Waals surface area contributed by atoms with Gasteiger partial charge in [-0.05, 0) is 19.3 Å². The minimum atomic E-state index is 0.0264. The second-order valence-electron chi connectivity index (χ2n) is 4.60. The van der Waals surface area contributed by atoms with Gasteiger partial charge in [0.15, 0.2) is 0 Å². The van der Waals surface area contributed by atoms with E-state index in [-0.39, 0.29) is 11.9 Å². The third-order valence-corrected chi connectivity index (χ3v) is 3.29. The lowest BCUT2D eigenvalue weighted by atomic mass is 9.93. The first-order valence-electron chi connectivity index (χ1n) is 6.34.